The van der Waals surface area contributed by atoms with Gasteiger partial charge in [-0.3, -0.25) is 4.79 Å². The van der Waals surface area contributed by atoms with Crippen LogP contribution in [0.5, 0.6) is 0 Å². The number of hydrogen-bond donors (Lipinski definition) is 3. The molecule has 0 fully saturated rings. The predicted molar refractivity (Wildman–Crippen MR) is 85.7 cm³/mol. The number of rotatable bonds is 4. The maximum absolute atomic E-state index is 11.7. The summed E-state index contributed by atoms with van der Waals surface area (Å²) in [6.45, 7) is 4.75. The highest BCUT2D eigenvalue weighted by Gasteiger charge is 2.17. The lowest BCUT2D eigenvalue weighted by molar-refractivity contribution is -0.115. The average molecular weight is 364 g/mol. The van der Waals surface area contributed by atoms with E-state index in [1.807, 2.05) is 0 Å². The maximum atomic E-state index is 11.7. The SMILES string of the molecule is CC(C)(C)OC(=O)NCC(=O)Nc1ccc(S(N)(=O)=O)cc1Cl. The molecule has 23 heavy (non-hydrogen) atoms. The van der Waals surface area contributed by atoms with Gasteiger partial charge in [0.1, 0.15) is 12.1 Å². The molecule has 0 aliphatic rings. The van der Waals surface area contributed by atoms with Gasteiger partial charge in [-0.2, -0.15) is 0 Å². The van der Waals surface area contributed by atoms with Crippen molar-refractivity contribution in [2.45, 2.75) is 31.3 Å². The van der Waals surface area contributed by atoms with E-state index >= 15 is 0 Å². The summed E-state index contributed by atoms with van der Waals surface area (Å²) >= 11 is 5.88. The van der Waals surface area contributed by atoms with Crippen molar-refractivity contribution < 1.29 is 22.7 Å². The number of nitrogens with two attached hydrogens (primary N) is 1. The molecule has 0 saturated heterocycles. The second-order valence-corrected chi connectivity index (χ2v) is 7.56. The van der Waals surface area contributed by atoms with Crippen LogP contribution < -0.4 is 15.8 Å². The van der Waals surface area contributed by atoms with Gasteiger partial charge in [0.05, 0.1) is 15.6 Å². The molecule has 128 valence electrons. The lowest BCUT2D eigenvalue weighted by atomic mass is 10.2. The number of benzene rings is 1. The summed E-state index contributed by atoms with van der Waals surface area (Å²) in [6, 6.07) is 3.62. The monoisotopic (exact) mass is 363 g/mol. The Hall–Kier alpha value is -1.84. The Morgan fingerprint density at radius 3 is 2.39 bits per heavy atom. The third kappa shape index (κ3) is 6.85. The van der Waals surface area contributed by atoms with Crippen molar-refractivity contribution in [1.82, 2.24) is 5.32 Å². The highest BCUT2D eigenvalue weighted by Crippen LogP contribution is 2.24. The highest BCUT2D eigenvalue weighted by molar-refractivity contribution is 7.89. The zero-order valence-electron chi connectivity index (χ0n) is 12.8. The van der Waals surface area contributed by atoms with Gasteiger partial charge in [0.15, 0.2) is 0 Å². The van der Waals surface area contributed by atoms with Crippen molar-refractivity contribution >= 4 is 39.3 Å². The molecule has 1 aromatic carbocycles. The molecule has 0 spiro atoms. The fourth-order valence-electron chi connectivity index (χ4n) is 1.44. The van der Waals surface area contributed by atoms with Gasteiger partial charge in [0, 0.05) is 0 Å². The molecule has 0 bridgehead atoms. The molecule has 0 heterocycles. The summed E-state index contributed by atoms with van der Waals surface area (Å²) in [5.74, 6) is -0.555. The van der Waals surface area contributed by atoms with Gasteiger partial charge in [-0.25, -0.2) is 18.4 Å². The van der Waals surface area contributed by atoms with Gasteiger partial charge in [-0.15, -0.1) is 0 Å². The Kier molecular flexibility index (Phi) is 5.98. The lowest BCUT2D eigenvalue weighted by Crippen LogP contribution is -2.37. The van der Waals surface area contributed by atoms with E-state index in [0.717, 1.165) is 6.07 Å². The lowest BCUT2D eigenvalue weighted by Gasteiger charge is -2.19. The number of nitrogens with one attached hydrogen (secondary N) is 2. The van der Waals surface area contributed by atoms with Crippen LogP contribution in [0.15, 0.2) is 23.1 Å². The minimum atomic E-state index is -3.88. The van der Waals surface area contributed by atoms with E-state index in [2.05, 4.69) is 10.6 Å². The second kappa shape index (κ2) is 7.16. The number of carbonyl (C=O) groups is 2. The van der Waals surface area contributed by atoms with E-state index in [1.54, 1.807) is 20.8 Å². The molecule has 1 rings (SSSR count). The quantitative estimate of drug-likeness (QED) is 0.745. The molecule has 0 saturated carbocycles. The number of ether oxygens (including phenoxy) is 1. The molecular weight excluding hydrogens is 346 g/mol. The third-order valence-electron chi connectivity index (χ3n) is 2.34. The first-order chi connectivity index (χ1) is 10.4. The van der Waals surface area contributed by atoms with Crippen LogP contribution in [0.4, 0.5) is 10.5 Å². The van der Waals surface area contributed by atoms with Crippen LogP contribution in [-0.4, -0.2) is 32.6 Å². The van der Waals surface area contributed by atoms with Crippen molar-refractivity contribution in [2.24, 2.45) is 5.14 Å². The molecule has 0 unspecified atom stereocenters. The Labute approximate surface area is 139 Å². The summed E-state index contributed by atoms with van der Waals surface area (Å²) in [7, 11) is -3.88. The number of amides is 2. The van der Waals surface area contributed by atoms with E-state index in [-0.39, 0.29) is 22.2 Å². The predicted octanol–water partition coefficient (Wildman–Crippen LogP) is 1.45. The van der Waals surface area contributed by atoms with Gasteiger partial charge >= 0.3 is 6.09 Å². The molecule has 0 aromatic heterocycles. The van der Waals surface area contributed by atoms with Gasteiger partial charge in [-0.1, -0.05) is 11.6 Å². The highest BCUT2D eigenvalue weighted by atomic mass is 35.5. The minimum Gasteiger partial charge on any atom is -0.444 e. The molecule has 0 radical (unpaired) electrons. The number of hydrogen-bond acceptors (Lipinski definition) is 5. The molecule has 8 nitrogen and oxygen atoms in total. The average Bonchev–Trinajstić information content (AvgIpc) is 2.35. The molecule has 10 heteroatoms. The Morgan fingerprint density at radius 2 is 1.91 bits per heavy atom. The molecular formula is C13H18ClN3O5S. The maximum Gasteiger partial charge on any atom is 0.408 e. The summed E-state index contributed by atoms with van der Waals surface area (Å²) in [4.78, 5) is 23.0. The van der Waals surface area contributed by atoms with Crippen molar-refractivity contribution in [1.29, 1.82) is 0 Å². The van der Waals surface area contributed by atoms with Gasteiger partial charge in [0.25, 0.3) is 0 Å². The number of carbonyl (C=O) groups excluding carboxylic acids is 2. The van der Waals surface area contributed by atoms with E-state index in [0.29, 0.717) is 0 Å². The Bertz CT molecular complexity index is 713. The zero-order valence-corrected chi connectivity index (χ0v) is 14.4. The first-order valence-corrected chi connectivity index (χ1v) is 8.40. The molecule has 0 atom stereocenters. The summed E-state index contributed by atoms with van der Waals surface area (Å²) in [6.07, 6.45) is -0.733. The Balaban J connectivity index is 2.63. The van der Waals surface area contributed by atoms with Gasteiger partial charge in [-0.05, 0) is 39.0 Å². The number of halogens is 1. The van der Waals surface area contributed by atoms with Gasteiger partial charge < -0.3 is 15.4 Å². The number of anilines is 1. The van der Waals surface area contributed by atoms with E-state index in [9.17, 15) is 18.0 Å². The molecule has 4 N–H and O–H groups in total. The largest absolute Gasteiger partial charge is 0.444 e. The Morgan fingerprint density at radius 1 is 1.30 bits per heavy atom. The smallest absolute Gasteiger partial charge is 0.408 e. The number of sulfonamides is 1. The molecule has 0 aliphatic heterocycles. The first-order valence-electron chi connectivity index (χ1n) is 6.47. The summed E-state index contributed by atoms with van der Waals surface area (Å²) in [5.41, 5.74) is -0.483. The van der Waals surface area contributed by atoms with Crippen LogP contribution in [0, 0.1) is 0 Å². The van der Waals surface area contributed by atoms with Crippen LogP contribution in [0.3, 0.4) is 0 Å². The number of primary sulfonamides is 1. The standard InChI is InChI=1S/C13H18ClN3O5S/c1-13(2,3)22-12(19)16-7-11(18)17-10-5-4-8(6-9(10)14)23(15,20)21/h4-6H,7H2,1-3H3,(H,16,19)(H,17,18)(H2,15,20,21). The van der Waals surface area contributed by atoms with E-state index in [1.165, 1.54) is 12.1 Å². The van der Waals surface area contributed by atoms with Crippen molar-refractivity contribution in [2.75, 3.05) is 11.9 Å². The van der Waals surface area contributed by atoms with Crippen molar-refractivity contribution in [3.05, 3.63) is 23.2 Å². The number of alkyl carbamates (subject to hydrolysis) is 1. The van der Waals surface area contributed by atoms with E-state index < -0.39 is 27.6 Å². The van der Waals surface area contributed by atoms with Crippen LogP contribution in [0.25, 0.3) is 0 Å². The normalized spacial score (nSPS) is 11.7. The van der Waals surface area contributed by atoms with E-state index in [4.69, 9.17) is 21.5 Å². The fourth-order valence-corrected chi connectivity index (χ4v) is 2.27. The summed E-state index contributed by atoms with van der Waals surface area (Å²) in [5, 5.41) is 9.69. The van der Waals surface area contributed by atoms with Crippen molar-refractivity contribution in [3.8, 4) is 0 Å². The van der Waals surface area contributed by atoms with Crippen LogP contribution >= 0.6 is 11.6 Å². The molecule has 1 aromatic rings. The fraction of sp³-hybridized carbons (Fsp3) is 0.385. The molecule has 0 aliphatic carbocycles. The van der Waals surface area contributed by atoms with Crippen LogP contribution in [0.1, 0.15) is 20.8 Å². The van der Waals surface area contributed by atoms with Crippen LogP contribution in [-0.2, 0) is 19.6 Å². The first kappa shape index (κ1) is 19.2. The summed E-state index contributed by atoms with van der Waals surface area (Å²) < 4.78 is 27.3. The minimum absolute atomic E-state index is 0.00198. The third-order valence-corrected chi connectivity index (χ3v) is 3.56. The zero-order chi connectivity index (χ0) is 17.8. The van der Waals surface area contributed by atoms with Crippen LogP contribution in [0.2, 0.25) is 5.02 Å². The topological polar surface area (TPSA) is 128 Å². The van der Waals surface area contributed by atoms with Crippen molar-refractivity contribution in [3.63, 3.8) is 0 Å². The van der Waals surface area contributed by atoms with Gasteiger partial charge in [0.2, 0.25) is 15.9 Å². The molecule has 2 amide bonds. The second-order valence-electron chi connectivity index (χ2n) is 5.59.